The zero-order valence-corrected chi connectivity index (χ0v) is 20.7. The molecule has 1 unspecified atom stereocenters. The van der Waals surface area contributed by atoms with Crippen LogP contribution in [-0.2, 0) is 4.79 Å². The van der Waals surface area contributed by atoms with Crippen molar-refractivity contribution in [1.29, 1.82) is 0 Å². The molecule has 3 heteroatoms. The van der Waals surface area contributed by atoms with Gasteiger partial charge in [-0.2, -0.15) is 0 Å². The van der Waals surface area contributed by atoms with E-state index in [2.05, 4.69) is 57.5 Å². The van der Waals surface area contributed by atoms with Crippen LogP contribution in [0.1, 0.15) is 88.5 Å². The van der Waals surface area contributed by atoms with Crippen molar-refractivity contribution < 1.29 is 4.79 Å². The van der Waals surface area contributed by atoms with Crippen LogP contribution in [0, 0.1) is 5.92 Å². The van der Waals surface area contributed by atoms with E-state index in [4.69, 9.17) is 0 Å². The van der Waals surface area contributed by atoms with E-state index in [0.717, 1.165) is 26.1 Å². The van der Waals surface area contributed by atoms with Crippen molar-refractivity contribution in [1.82, 2.24) is 10.2 Å². The van der Waals surface area contributed by atoms with Crippen molar-refractivity contribution in [2.24, 2.45) is 5.92 Å². The zero-order chi connectivity index (χ0) is 22.5. The molecule has 0 aliphatic heterocycles. The van der Waals surface area contributed by atoms with Gasteiger partial charge in [-0.3, -0.25) is 4.79 Å². The average molecular weight is 395 g/mol. The van der Waals surface area contributed by atoms with E-state index in [1.54, 1.807) is 0 Å². The third kappa shape index (κ3) is 15.7. The normalized spacial score (nSPS) is 11.3. The Hall–Kier alpha value is -1.35. The van der Waals surface area contributed by atoms with Crippen LogP contribution in [0.3, 0.4) is 0 Å². The van der Waals surface area contributed by atoms with Gasteiger partial charge in [-0.25, -0.2) is 0 Å². The maximum Gasteiger partial charge on any atom is 0.149 e. The molecule has 1 atom stereocenters. The van der Waals surface area contributed by atoms with Gasteiger partial charge in [0.05, 0.1) is 6.54 Å². The number of ketones is 1. The molecule has 0 saturated carbocycles. The van der Waals surface area contributed by atoms with Gasteiger partial charge in [0.25, 0.3) is 0 Å². The molecule has 0 aromatic rings. The Balaban J connectivity index is -0.000000447. The fraction of sp³-hybridized carbons (Fsp3) is 0.720. The van der Waals surface area contributed by atoms with E-state index < -0.39 is 0 Å². The quantitative estimate of drug-likeness (QED) is 0.371. The first-order valence-electron chi connectivity index (χ1n) is 11.3. The summed E-state index contributed by atoms with van der Waals surface area (Å²) in [6.45, 7) is 28.5. The summed E-state index contributed by atoms with van der Waals surface area (Å²) in [6.07, 6.45) is 7.34. The lowest BCUT2D eigenvalue weighted by atomic mass is 10.0. The Kier molecular flexibility index (Phi) is 24.6. The van der Waals surface area contributed by atoms with Gasteiger partial charge >= 0.3 is 0 Å². The Morgan fingerprint density at radius 2 is 1.54 bits per heavy atom. The van der Waals surface area contributed by atoms with Crippen LogP contribution in [0.4, 0.5) is 0 Å². The highest BCUT2D eigenvalue weighted by molar-refractivity contribution is 5.82. The van der Waals surface area contributed by atoms with Gasteiger partial charge in [-0.05, 0) is 58.2 Å². The summed E-state index contributed by atoms with van der Waals surface area (Å²) in [6, 6.07) is 0. The van der Waals surface area contributed by atoms with Gasteiger partial charge in [0.15, 0.2) is 0 Å². The Bertz CT molecular complexity index is 439. The summed E-state index contributed by atoms with van der Waals surface area (Å²) in [5.41, 5.74) is 4.09. The number of hydrogen-bond donors (Lipinski definition) is 1. The first-order valence-corrected chi connectivity index (χ1v) is 11.3. The van der Waals surface area contributed by atoms with E-state index >= 15 is 0 Å². The predicted octanol–water partition coefficient (Wildman–Crippen LogP) is 6.77. The molecule has 166 valence electrons. The second-order valence-corrected chi connectivity index (χ2v) is 6.96. The number of likely N-dealkylation sites (N-methyl/N-ethyl adjacent to an activating group) is 1. The highest BCUT2D eigenvalue weighted by atomic mass is 16.1. The van der Waals surface area contributed by atoms with Gasteiger partial charge < -0.3 is 10.2 Å². The molecule has 0 aliphatic carbocycles. The van der Waals surface area contributed by atoms with E-state index in [1.807, 2.05) is 40.7 Å². The SMILES string of the molecule is C=C/C=C(\C(C)=C(C)C)N(CCC)CCC.CC.CCNCC(=O)C(C)CC. The standard InChI is InChI=1S/C15H27N.C8H17NO.C2H6/c1-7-10-15(14(6)13(4)5)16(11-8-2)12-9-3;1-4-7(3)8(10)6-9-5-2;1-2/h7,10H,1,8-9,11-12H2,2-6H3;7,9H,4-6H2,1-3H3;1-2H3/b15-10+;;. The highest BCUT2D eigenvalue weighted by Crippen LogP contribution is 2.19. The van der Waals surface area contributed by atoms with E-state index in [1.165, 1.54) is 29.7 Å². The van der Waals surface area contributed by atoms with Crippen molar-refractivity contribution in [3.8, 4) is 0 Å². The molecule has 0 bridgehead atoms. The number of allylic oxidation sites excluding steroid dienone is 4. The van der Waals surface area contributed by atoms with E-state index in [-0.39, 0.29) is 5.92 Å². The Labute approximate surface area is 177 Å². The second kappa shape index (κ2) is 21.9. The molecule has 28 heavy (non-hydrogen) atoms. The third-order valence-corrected chi connectivity index (χ3v) is 4.45. The van der Waals surface area contributed by atoms with Crippen molar-refractivity contribution in [2.45, 2.75) is 88.5 Å². The number of carbonyl (C=O) groups excluding carboxylic acids is 1. The van der Waals surface area contributed by atoms with Crippen LogP contribution in [0.25, 0.3) is 0 Å². The molecule has 0 aromatic heterocycles. The number of Topliss-reactive ketones (excluding diaryl/α,β-unsaturated/α-hetero) is 1. The predicted molar refractivity (Wildman–Crippen MR) is 129 cm³/mol. The Morgan fingerprint density at radius 1 is 1.04 bits per heavy atom. The lowest BCUT2D eigenvalue weighted by Crippen LogP contribution is -2.26. The minimum atomic E-state index is 0.221. The first kappa shape index (κ1) is 31.3. The summed E-state index contributed by atoms with van der Waals surface area (Å²) < 4.78 is 0. The maximum absolute atomic E-state index is 11.1. The molecular formula is C25H50N2O. The lowest BCUT2D eigenvalue weighted by Gasteiger charge is -2.28. The van der Waals surface area contributed by atoms with Crippen LogP contribution in [0.5, 0.6) is 0 Å². The number of nitrogens with zero attached hydrogens (tertiary/aromatic N) is 1. The molecule has 0 heterocycles. The molecule has 0 radical (unpaired) electrons. The van der Waals surface area contributed by atoms with Crippen LogP contribution in [0.2, 0.25) is 0 Å². The molecule has 0 rings (SSSR count). The molecule has 0 amide bonds. The molecule has 0 aromatic carbocycles. The smallest absolute Gasteiger partial charge is 0.149 e. The molecular weight excluding hydrogens is 344 g/mol. The van der Waals surface area contributed by atoms with Gasteiger partial charge in [0.1, 0.15) is 5.78 Å². The van der Waals surface area contributed by atoms with Gasteiger partial charge in [-0.1, -0.05) is 66.7 Å². The van der Waals surface area contributed by atoms with Crippen molar-refractivity contribution >= 4 is 5.78 Å². The van der Waals surface area contributed by atoms with Gasteiger partial charge in [0.2, 0.25) is 0 Å². The zero-order valence-electron chi connectivity index (χ0n) is 20.7. The summed E-state index contributed by atoms with van der Waals surface area (Å²) in [5.74, 6) is 0.545. The van der Waals surface area contributed by atoms with Crippen LogP contribution < -0.4 is 5.32 Å². The highest BCUT2D eigenvalue weighted by Gasteiger charge is 2.10. The summed E-state index contributed by atoms with van der Waals surface area (Å²) >= 11 is 0. The third-order valence-electron chi connectivity index (χ3n) is 4.45. The molecule has 0 fully saturated rings. The molecule has 0 aliphatic rings. The first-order chi connectivity index (χ1) is 13.3. The lowest BCUT2D eigenvalue weighted by molar-refractivity contribution is -0.121. The van der Waals surface area contributed by atoms with Gasteiger partial charge in [-0.15, -0.1) is 0 Å². The average Bonchev–Trinajstić information content (AvgIpc) is 2.70. The number of rotatable bonds is 12. The van der Waals surface area contributed by atoms with E-state index in [9.17, 15) is 4.79 Å². The second-order valence-electron chi connectivity index (χ2n) is 6.96. The summed E-state index contributed by atoms with van der Waals surface area (Å²) in [7, 11) is 0. The molecule has 0 saturated heterocycles. The van der Waals surface area contributed by atoms with Crippen molar-refractivity contribution in [2.75, 3.05) is 26.2 Å². The summed E-state index contributed by atoms with van der Waals surface area (Å²) in [4.78, 5) is 13.5. The van der Waals surface area contributed by atoms with Crippen LogP contribution in [0.15, 0.2) is 35.6 Å². The molecule has 3 nitrogen and oxygen atoms in total. The van der Waals surface area contributed by atoms with Crippen LogP contribution in [-0.4, -0.2) is 36.9 Å². The largest absolute Gasteiger partial charge is 0.371 e. The number of nitrogens with one attached hydrogen (secondary N) is 1. The fourth-order valence-corrected chi connectivity index (χ4v) is 2.38. The molecule has 0 spiro atoms. The minimum absolute atomic E-state index is 0.221. The van der Waals surface area contributed by atoms with Crippen LogP contribution >= 0.6 is 0 Å². The monoisotopic (exact) mass is 394 g/mol. The van der Waals surface area contributed by atoms with Crippen molar-refractivity contribution in [3.05, 3.63) is 35.6 Å². The molecule has 1 N–H and O–H groups in total. The fourth-order valence-electron chi connectivity index (χ4n) is 2.38. The summed E-state index contributed by atoms with van der Waals surface area (Å²) in [5, 5.41) is 3.01. The topological polar surface area (TPSA) is 32.3 Å². The minimum Gasteiger partial charge on any atom is -0.371 e. The Morgan fingerprint density at radius 3 is 1.86 bits per heavy atom. The number of carbonyl (C=O) groups is 1. The number of hydrogen-bond acceptors (Lipinski definition) is 3. The maximum atomic E-state index is 11.1. The van der Waals surface area contributed by atoms with Gasteiger partial charge in [0, 0.05) is 24.7 Å². The van der Waals surface area contributed by atoms with Crippen molar-refractivity contribution in [3.63, 3.8) is 0 Å². The van der Waals surface area contributed by atoms with E-state index in [0.29, 0.717) is 12.3 Å².